The molecule has 1 aliphatic rings. The largest absolute Gasteiger partial charge is 0.235 e. The third kappa shape index (κ3) is 0.941. The maximum Gasteiger partial charge on any atom is 0.169 e. The van der Waals surface area contributed by atoms with Crippen molar-refractivity contribution in [2.45, 2.75) is 12.6 Å². The molecule has 0 aliphatic heterocycles. The second kappa shape index (κ2) is 2.07. The van der Waals surface area contributed by atoms with Gasteiger partial charge in [-0.2, -0.15) is 0 Å². The van der Waals surface area contributed by atoms with Gasteiger partial charge in [0, 0.05) is 0 Å². The molecule has 0 bridgehead atoms. The van der Waals surface area contributed by atoms with E-state index in [2.05, 4.69) is 0 Å². The van der Waals surface area contributed by atoms with Gasteiger partial charge in [-0.25, -0.2) is 8.78 Å². The molecule has 0 saturated heterocycles. The molecule has 44 valence electrons. The number of halogens is 2. The summed E-state index contributed by atoms with van der Waals surface area (Å²) in [5, 5.41) is 0. The van der Waals surface area contributed by atoms with Gasteiger partial charge in [-0.1, -0.05) is 6.08 Å². The van der Waals surface area contributed by atoms with E-state index in [4.69, 9.17) is 0 Å². The van der Waals surface area contributed by atoms with E-state index in [9.17, 15) is 8.78 Å². The van der Waals surface area contributed by atoms with Gasteiger partial charge in [0.2, 0.25) is 0 Å². The molecule has 1 rings (SSSR count). The molecule has 0 nitrogen and oxygen atoms in total. The average Bonchev–Trinajstić information content (AvgIpc) is 1.77. The SMILES string of the molecule is FC1=CCC=CC1F. The number of rotatable bonds is 0. The van der Waals surface area contributed by atoms with Crippen LogP contribution >= 0.6 is 0 Å². The highest BCUT2D eigenvalue weighted by Gasteiger charge is 2.09. The quantitative estimate of drug-likeness (QED) is 0.425. The number of alkyl halides is 1. The van der Waals surface area contributed by atoms with Crippen LogP contribution in [-0.2, 0) is 0 Å². The fourth-order valence-electron chi connectivity index (χ4n) is 0.583. The molecule has 0 spiro atoms. The molecule has 0 fully saturated rings. The predicted octanol–water partition coefficient (Wildman–Crippen LogP) is 2.14. The highest BCUT2D eigenvalue weighted by molar-refractivity contribution is 5.15. The van der Waals surface area contributed by atoms with Gasteiger partial charge < -0.3 is 0 Å². The second-order valence-electron chi connectivity index (χ2n) is 1.65. The Morgan fingerprint density at radius 2 is 2.38 bits per heavy atom. The Morgan fingerprint density at radius 1 is 1.62 bits per heavy atom. The molecule has 0 radical (unpaired) electrons. The summed E-state index contributed by atoms with van der Waals surface area (Å²) in [6.45, 7) is 0. The van der Waals surface area contributed by atoms with Gasteiger partial charge in [0.05, 0.1) is 0 Å². The summed E-state index contributed by atoms with van der Waals surface area (Å²) < 4.78 is 24.1. The zero-order valence-electron chi connectivity index (χ0n) is 4.27. The van der Waals surface area contributed by atoms with Crippen LogP contribution in [0.5, 0.6) is 0 Å². The van der Waals surface area contributed by atoms with Crippen LogP contribution < -0.4 is 0 Å². The first-order valence-corrected chi connectivity index (χ1v) is 2.47. The highest BCUT2D eigenvalue weighted by atomic mass is 19.2. The van der Waals surface area contributed by atoms with Crippen molar-refractivity contribution >= 4 is 0 Å². The predicted molar refractivity (Wildman–Crippen MR) is 27.8 cm³/mol. The van der Waals surface area contributed by atoms with Crippen LogP contribution in [0.3, 0.4) is 0 Å². The molecular formula is C6H6F2. The van der Waals surface area contributed by atoms with Crippen LogP contribution in [0.15, 0.2) is 24.1 Å². The van der Waals surface area contributed by atoms with Crippen LogP contribution in [0.2, 0.25) is 0 Å². The van der Waals surface area contributed by atoms with Crippen LogP contribution in [0.1, 0.15) is 6.42 Å². The van der Waals surface area contributed by atoms with Gasteiger partial charge in [0.1, 0.15) is 5.83 Å². The van der Waals surface area contributed by atoms with E-state index >= 15 is 0 Å². The molecule has 0 heterocycles. The number of hydrogen-bond acceptors (Lipinski definition) is 0. The summed E-state index contributed by atoms with van der Waals surface area (Å²) in [6, 6.07) is 0. The van der Waals surface area contributed by atoms with E-state index < -0.39 is 12.0 Å². The highest BCUT2D eigenvalue weighted by Crippen LogP contribution is 2.15. The lowest BCUT2D eigenvalue weighted by Gasteiger charge is -2.01. The fourth-order valence-corrected chi connectivity index (χ4v) is 0.583. The Morgan fingerprint density at radius 3 is 2.75 bits per heavy atom. The molecule has 0 aromatic rings. The Labute approximate surface area is 46.5 Å². The molecule has 8 heavy (non-hydrogen) atoms. The molecule has 0 N–H and O–H groups in total. The molecule has 1 aliphatic carbocycles. The molecule has 1 unspecified atom stereocenters. The van der Waals surface area contributed by atoms with Gasteiger partial charge in [0.25, 0.3) is 0 Å². The standard InChI is InChI=1S/C6H6F2/c7-5-3-1-2-4-6(5)8/h1,3-5H,2H2. The lowest BCUT2D eigenvalue weighted by molar-refractivity contribution is 0.377. The van der Waals surface area contributed by atoms with Crippen molar-refractivity contribution in [3.05, 3.63) is 24.1 Å². The first kappa shape index (κ1) is 5.48. The molecule has 0 saturated carbocycles. The third-order valence-corrected chi connectivity index (χ3v) is 1.02. The van der Waals surface area contributed by atoms with Gasteiger partial charge in [-0.05, 0) is 18.6 Å². The van der Waals surface area contributed by atoms with Gasteiger partial charge in [0.15, 0.2) is 6.17 Å². The minimum absolute atomic E-state index is 0.520. The van der Waals surface area contributed by atoms with Crippen molar-refractivity contribution in [3.8, 4) is 0 Å². The minimum Gasteiger partial charge on any atom is -0.235 e. The molecule has 0 aromatic heterocycles. The van der Waals surface area contributed by atoms with Crippen LogP contribution in [0, 0.1) is 0 Å². The van der Waals surface area contributed by atoms with Gasteiger partial charge in [-0.15, -0.1) is 0 Å². The smallest absolute Gasteiger partial charge is 0.169 e. The topological polar surface area (TPSA) is 0 Å². The van der Waals surface area contributed by atoms with E-state index in [1.54, 1.807) is 6.08 Å². The van der Waals surface area contributed by atoms with E-state index in [0.717, 1.165) is 0 Å². The van der Waals surface area contributed by atoms with Crippen LogP contribution in [0.25, 0.3) is 0 Å². The minimum atomic E-state index is -1.48. The van der Waals surface area contributed by atoms with Crippen molar-refractivity contribution in [1.82, 2.24) is 0 Å². The molecule has 0 aromatic carbocycles. The average molecular weight is 116 g/mol. The Bertz CT molecular complexity index is 135. The van der Waals surface area contributed by atoms with E-state index in [0.29, 0.717) is 6.42 Å². The number of hydrogen-bond donors (Lipinski definition) is 0. The lowest BCUT2D eigenvalue weighted by Crippen LogP contribution is -1.98. The van der Waals surface area contributed by atoms with Crippen molar-refractivity contribution in [2.24, 2.45) is 0 Å². The van der Waals surface area contributed by atoms with Gasteiger partial charge >= 0.3 is 0 Å². The molecule has 2 heteroatoms. The molecule has 0 amide bonds. The second-order valence-corrected chi connectivity index (χ2v) is 1.65. The Balaban J connectivity index is 2.63. The summed E-state index contributed by atoms with van der Waals surface area (Å²) in [6.07, 6.45) is 3.10. The zero-order chi connectivity index (χ0) is 5.98. The summed E-state index contributed by atoms with van der Waals surface area (Å²) in [4.78, 5) is 0. The molecular weight excluding hydrogens is 110 g/mol. The van der Waals surface area contributed by atoms with E-state index in [1.807, 2.05) is 0 Å². The summed E-state index contributed by atoms with van der Waals surface area (Å²) in [5.41, 5.74) is 0. The van der Waals surface area contributed by atoms with Crippen molar-refractivity contribution in [3.63, 3.8) is 0 Å². The van der Waals surface area contributed by atoms with Crippen molar-refractivity contribution in [2.75, 3.05) is 0 Å². The Kier molecular flexibility index (Phi) is 1.42. The van der Waals surface area contributed by atoms with Crippen molar-refractivity contribution in [1.29, 1.82) is 0 Å². The maximum atomic E-state index is 12.0. The summed E-state index contributed by atoms with van der Waals surface area (Å²) in [7, 11) is 0. The first-order chi connectivity index (χ1) is 3.80. The summed E-state index contributed by atoms with van der Waals surface area (Å²) >= 11 is 0. The maximum absolute atomic E-state index is 12.0. The van der Waals surface area contributed by atoms with E-state index in [-0.39, 0.29) is 0 Å². The monoisotopic (exact) mass is 116 g/mol. The van der Waals surface area contributed by atoms with Crippen molar-refractivity contribution < 1.29 is 8.78 Å². The third-order valence-electron chi connectivity index (χ3n) is 1.02. The normalized spacial score (nSPS) is 27.8. The zero-order valence-corrected chi connectivity index (χ0v) is 4.27. The number of allylic oxidation sites excluding steroid dienone is 4. The first-order valence-electron chi connectivity index (χ1n) is 2.47. The Hall–Kier alpha value is -0.660. The van der Waals surface area contributed by atoms with E-state index in [1.165, 1.54) is 12.2 Å². The fraction of sp³-hybridized carbons (Fsp3) is 0.333. The molecule has 1 atom stereocenters. The van der Waals surface area contributed by atoms with Crippen LogP contribution in [-0.4, -0.2) is 6.17 Å². The summed E-state index contributed by atoms with van der Waals surface area (Å²) in [5.74, 6) is -0.660. The lowest BCUT2D eigenvalue weighted by atomic mass is 10.2. The van der Waals surface area contributed by atoms with Crippen LogP contribution in [0.4, 0.5) is 8.78 Å². The van der Waals surface area contributed by atoms with Gasteiger partial charge in [-0.3, -0.25) is 0 Å².